The number of aliphatic hydroxyl groups is 3. The lowest BCUT2D eigenvalue weighted by atomic mass is 9.86. The van der Waals surface area contributed by atoms with Crippen molar-refractivity contribution in [2.75, 3.05) is 70.8 Å². The lowest BCUT2D eigenvalue weighted by molar-refractivity contribution is -0.138. The third kappa shape index (κ3) is 23.5. The number of benzene rings is 8. The van der Waals surface area contributed by atoms with E-state index >= 15 is 0 Å². The number of urea groups is 1. The first-order valence-corrected chi connectivity index (χ1v) is 41.3. The van der Waals surface area contributed by atoms with Crippen LogP contribution >= 0.6 is 15.9 Å². The Morgan fingerprint density at radius 3 is 1.25 bits per heavy atom. The van der Waals surface area contributed by atoms with Gasteiger partial charge in [0.15, 0.2) is 0 Å². The minimum absolute atomic E-state index is 0.00765. The molecule has 26 nitrogen and oxygen atoms in total. The summed E-state index contributed by atoms with van der Waals surface area (Å²) >= 11 is 3.35. The van der Waals surface area contributed by atoms with Gasteiger partial charge in [-0.2, -0.15) is 0 Å². The number of imide groups is 3. The molecule has 4 aliphatic heterocycles. The average molecular weight is 1670 g/mol. The van der Waals surface area contributed by atoms with Crippen molar-refractivity contribution in [3.05, 3.63) is 276 Å². The first-order valence-electron chi connectivity index (χ1n) is 40.5. The molecule has 8 atom stereocenters. The molecule has 8 aromatic rings. The smallest absolute Gasteiger partial charge is 0.319 e. The Labute approximate surface area is 695 Å². The number of carbonyl (C=O) groups excluding carboxylic acids is 7. The van der Waals surface area contributed by atoms with Gasteiger partial charge in [-0.3, -0.25) is 74.5 Å². The van der Waals surface area contributed by atoms with E-state index in [-0.39, 0.29) is 105 Å². The number of halogens is 1. The molecular formula is C91H106BrN11O15. The zero-order valence-electron chi connectivity index (χ0n) is 66.1. The minimum atomic E-state index is -0.934. The molecule has 4 heterocycles. The molecule has 0 aromatic heterocycles. The molecule has 8 aromatic carbocycles. The van der Waals surface area contributed by atoms with E-state index in [1.54, 1.807) is 84.9 Å². The van der Waals surface area contributed by atoms with Crippen LogP contribution in [0.1, 0.15) is 208 Å². The van der Waals surface area contributed by atoms with Crippen molar-refractivity contribution in [3.8, 4) is 0 Å². The highest BCUT2D eigenvalue weighted by Gasteiger charge is 2.41. The number of ether oxygens (including phenoxy) is 1. The van der Waals surface area contributed by atoms with Crippen molar-refractivity contribution in [2.45, 2.75) is 151 Å². The SMILES string of the molecule is NC1CCCc2ccccc21.NN.O=C(O)CCCN(CC(O)CN1C(=O)c2ccccc2C1=O)C1CCCc2ccccc21.O=C(O)CCCN(CC(O)CNC(=O)Nc1ccc(Br)cc1)C1CCCc2ccccc21.O=C1c2ccccc2C(=O)N1CC(O)CNC1CCCc2ccccc21.O=C1c2ccccc2C(=O)N1CC1CO1. The molecule has 8 aliphatic rings. The number of carboxylic acids is 2. The number of carboxylic acid groups (broad SMARTS) is 2. The molecule has 0 spiro atoms. The summed E-state index contributed by atoms with van der Waals surface area (Å²) in [5.74, 6) is 4.51. The number of anilines is 1. The van der Waals surface area contributed by atoms with Crippen LogP contribution in [-0.4, -0.2) is 193 Å². The number of nitrogens with two attached hydrogens (primary N) is 3. The molecule has 4 aliphatic carbocycles. The highest BCUT2D eigenvalue weighted by Crippen LogP contribution is 2.38. The van der Waals surface area contributed by atoms with E-state index in [9.17, 15) is 58.5 Å². The molecule has 14 N–H and O–H groups in total. The Hall–Kier alpha value is -10.5. The van der Waals surface area contributed by atoms with Crippen LogP contribution < -0.4 is 33.4 Å². The number of aliphatic hydroxyl groups excluding tert-OH is 3. The fourth-order valence-corrected chi connectivity index (χ4v) is 16.8. The molecule has 8 amide bonds. The van der Waals surface area contributed by atoms with Gasteiger partial charge in [0.2, 0.25) is 0 Å². The van der Waals surface area contributed by atoms with Gasteiger partial charge < -0.3 is 52.0 Å². The Kier molecular flexibility index (Phi) is 32.4. The number of amides is 8. The Morgan fingerprint density at radius 1 is 0.458 bits per heavy atom. The summed E-state index contributed by atoms with van der Waals surface area (Å²) in [5.41, 5.74) is 19.7. The fraction of sp³-hybridized carbons (Fsp3) is 0.374. The van der Waals surface area contributed by atoms with Gasteiger partial charge in [-0.25, -0.2) is 4.79 Å². The van der Waals surface area contributed by atoms with Crippen molar-refractivity contribution < 1.29 is 73.4 Å². The first kappa shape index (κ1) is 88.3. The van der Waals surface area contributed by atoms with Gasteiger partial charge in [0, 0.05) is 73.3 Å². The molecule has 0 radical (unpaired) electrons. The fourth-order valence-electron chi connectivity index (χ4n) is 16.5. The Bertz CT molecular complexity index is 4710. The zero-order chi connectivity index (χ0) is 83.8. The highest BCUT2D eigenvalue weighted by molar-refractivity contribution is 9.10. The summed E-state index contributed by atoms with van der Waals surface area (Å²) in [4.78, 5) is 116. The van der Waals surface area contributed by atoms with Gasteiger partial charge in [0.25, 0.3) is 35.4 Å². The van der Waals surface area contributed by atoms with Crippen LogP contribution in [0.25, 0.3) is 0 Å². The molecule has 8 unspecified atom stereocenters. The monoisotopic (exact) mass is 1670 g/mol. The second-order valence-electron chi connectivity index (χ2n) is 30.5. The Morgan fingerprint density at radius 2 is 0.822 bits per heavy atom. The highest BCUT2D eigenvalue weighted by atomic mass is 79.9. The van der Waals surface area contributed by atoms with E-state index in [0.717, 1.165) is 78.5 Å². The van der Waals surface area contributed by atoms with Gasteiger partial charge in [-0.15, -0.1) is 0 Å². The number of β-amino-alcohol motifs (C(OH)–C–C–N with tert-alkyl or cyclic N) is 2. The predicted octanol–water partition coefficient (Wildman–Crippen LogP) is 10.9. The van der Waals surface area contributed by atoms with E-state index in [2.05, 4.69) is 120 Å². The maximum atomic E-state index is 12.7. The summed E-state index contributed by atoms with van der Waals surface area (Å²) in [6.45, 7) is 3.10. The maximum Gasteiger partial charge on any atom is 0.319 e. The first-order chi connectivity index (χ1) is 57.2. The van der Waals surface area contributed by atoms with Crippen LogP contribution in [-0.2, 0) is 40.0 Å². The van der Waals surface area contributed by atoms with E-state index in [4.69, 9.17) is 20.7 Å². The van der Waals surface area contributed by atoms with Crippen molar-refractivity contribution >= 4 is 75.0 Å². The molecule has 27 heteroatoms. The van der Waals surface area contributed by atoms with Gasteiger partial charge in [0.1, 0.15) is 0 Å². The van der Waals surface area contributed by atoms with Crippen LogP contribution in [0.3, 0.4) is 0 Å². The van der Waals surface area contributed by atoms with E-state index in [1.807, 2.05) is 42.5 Å². The van der Waals surface area contributed by atoms with Crippen LogP contribution in [0.5, 0.6) is 0 Å². The maximum absolute atomic E-state index is 12.7. The quantitative estimate of drug-likeness (QED) is 0.0104. The van der Waals surface area contributed by atoms with Crippen molar-refractivity contribution in [1.82, 2.24) is 35.1 Å². The number of epoxide rings is 1. The minimum Gasteiger partial charge on any atom is -0.481 e. The lowest BCUT2D eigenvalue weighted by Gasteiger charge is -2.37. The number of aliphatic carboxylic acids is 2. The second-order valence-corrected chi connectivity index (χ2v) is 31.4. The molecule has 0 saturated carbocycles. The van der Waals surface area contributed by atoms with Crippen LogP contribution in [0.4, 0.5) is 10.5 Å². The normalized spacial score (nSPS) is 19.0. The summed E-state index contributed by atoms with van der Waals surface area (Å²) < 4.78 is 5.94. The average Bonchev–Trinajstić information content (AvgIpc) is 1.63. The standard InChI is InChI=1S/C25H28N2O5.C24H30BrN3O4.C21H22N2O3.C11H9NO3.C10H13N.H4N2/c28-18(16-27-24(31)20-10-3-4-11-21(20)25(27)32)15-26(14-6-13-23(29)30)22-12-5-8-17-7-1-2-9-19(17)22;25-18-10-12-19(13-11-18)27-24(32)26-15-20(29)16-28(14-4-9-23(30)31)22-8-3-6-17-5-1-2-7-21(17)22;24-15(12-22-19-11-5-7-14-6-1-2-8-16(14)19)13-23-20(25)17-9-3-4-10-18(17)21(23)26;13-10-8-3-1-2-4-9(8)11(14)12(10)5-7-6-15-7;11-10-7-3-5-8-4-1-2-6-9(8)10;1-2/h1-4,7,9-11,18,22,28H,5-6,8,12-16H2,(H,29,30);1-2,5,7,10-13,20,22,29H,3-4,6,8-9,14-16H2,(H,30,31)(H2,26,27,32);1-4,6,8-10,15,19,22,24H,5,7,11-13H2;1-4,7H,5-6H2;1-2,4,6,10H,3,5,7,11H2;1-2H2. The van der Waals surface area contributed by atoms with Gasteiger partial charge in [-0.05, 0) is 208 Å². The molecule has 622 valence electrons. The third-order valence-corrected chi connectivity index (χ3v) is 22.8. The zero-order valence-corrected chi connectivity index (χ0v) is 67.7. The summed E-state index contributed by atoms with van der Waals surface area (Å²) in [6, 6.07) is 61.4. The van der Waals surface area contributed by atoms with Crippen LogP contribution in [0, 0.1) is 0 Å². The Balaban J connectivity index is 0.000000150. The number of hydrogen-bond donors (Lipinski definition) is 11. The lowest BCUT2D eigenvalue weighted by Crippen LogP contribution is -2.44. The van der Waals surface area contributed by atoms with Crippen LogP contribution in [0.2, 0.25) is 0 Å². The number of fused-ring (bicyclic) bond motifs is 7. The molecule has 1 saturated heterocycles. The van der Waals surface area contributed by atoms with E-state index in [0.29, 0.717) is 97.3 Å². The number of aryl methyl sites for hydroxylation is 4. The number of hydrogen-bond acceptors (Lipinski definition) is 19. The van der Waals surface area contributed by atoms with Crippen molar-refractivity contribution in [3.63, 3.8) is 0 Å². The van der Waals surface area contributed by atoms with Crippen molar-refractivity contribution in [2.24, 2.45) is 17.4 Å². The molecule has 16 rings (SSSR count). The number of carbonyl (C=O) groups is 9. The summed E-state index contributed by atoms with van der Waals surface area (Å²) in [6.07, 6.45) is 11.5. The number of rotatable bonds is 26. The number of hydrazine groups is 1. The summed E-state index contributed by atoms with van der Waals surface area (Å²) in [7, 11) is 0. The molecular weight excluding hydrogens is 1570 g/mol. The largest absolute Gasteiger partial charge is 0.481 e. The topological polar surface area (TPSA) is 398 Å². The van der Waals surface area contributed by atoms with E-state index < -0.39 is 30.3 Å². The van der Waals surface area contributed by atoms with Crippen LogP contribution in [0.15, 0.2) is 199 Å². The van der Waals surface area contributed by atoms with Gasteiger partial charge >= 0.3 is 18.0 Å². The van der Waals surface area contributed by atoms with Gasteiger partial charge in [-0.1, -0.05) is 149 Å². The predicted molar refractivity (Wildman–Crippen MR) is 450 cm³/mol. The van der Waals surface area contributed by atoms with E-state index in [1.165, 1.54) is 62.2 Å². The van der Waals surface area contributed by atoms with Gasteiger partial charge in [0.05, 0.1) is 84.0 Å². The number of nitrogens with one attached hydrogen (secondary N) is 3. The molecule has 0 bridgehead atoms. The summed E-state index contributed by atoms with van der Waals surface area (Å²) in [5, 5.41) is 58.9. The second kappa shape index (κ2) is 43.3. The number of nitrogens with zero attached hydrogens (tertiary/aromatic N) is 5. The third-order valence-electron chi connectivity index (χ3n) is 22.3. The molecule has 1 fully saturated rings. The molecule has 118 heavy (non-hydrogen) atoms. The van der Waals surface area contributed by atoms with Crippen molar-refractivity contribution in [1.29, 1.82) is 0 Å².